The molecule has 2 aromatic rings. The van der Waals surface area contributed by atoms with E-state index in [0.29, 0.717) is 24.1 Å². The van der Waals surface area contributed by atoms with Crippen molar-refractivity contribution < 1.29 is 14.6 Å². The van der Waals surface area contributed by atoms with Crippen molar-refractivity contribution in [3.05, 3.63) is 40.7 Å². The number of methoxy groups -OCH3 is 1. The fourth-order valence-electron chi connectivity index (χ4n) is 3.16. The Morgan fingerprint density at radius 3 is 2.45 bits per heavy atom. The van der Waals surface area contributed by atoms with E-state index in [9.17, 15) is 5.11 Å². The SMILES string of the molecule is COc1cc(CN(C)Cc2c(C)n[nH]c2C)ccc1OC[C@@H](O)CN(C)C(C)C. The average molecular weight is 405 g/mol. The molecule has 2 rings (SSSR count). The maximum absolute atomic E-state index is 10.2. The molecule has 7 heteroatoms. The Morgan fingerprint density at radius 1 is 1.14 bits per heavy atom. The molecule has 1 aromatic heterocycles. The molecule has 0 amide bonds. The number of rotatable bonds is 11. The molecule has 0 aliphatic heterocycles. The standard InChI is InChI=1S/C22H36N4O3/c1-15(2)26(6)12-19(27)14-29-21-9-8-18(10-22(21)28-7)11-25(5)13-20-16(3)23-24-17(20)4/h8-10,15,19,27H,11-14H2,1-7H3,(H,23,24)/t19-/m0/s1. The van der Waals surface area contributed by atoms with Crippen molar-refractivity contribution in [3.63, 3.8) is 0 Å². The van der Waals surface area contributed by atoms with Gasteiger partial charge in [0.2, 0.25) is 0 Å². The van der Waals surface area contributed by atoms with Gasteiger partial charge in [-0.05, 0) is 59.5 Å². The van der Waals surface area contributed by atoms with Crippen LogP contribution in [0, 0.1) is 13.8 Å². The number of aryl methyl sites for hydroxylation is 2. The summed E-state index contributed by atoms with van der Waals surface area (Å²) in [5, 5.41) is 17.5. The predicted molar refractivity (Wildman–Crippen MR) is 115 cm³/mol. The second kappa shape index (κ2) is 10.6. The van der Waals surface area contributed by atoms with Crippen LogP contribution < -0.4 is 9.47 Å². The van der Waals surface area contributed by atoms with Crippen molar-refractivity contribution in [1.29, 1.82) is 0 Å². The topological polar surface area (TPSA) is 73.8 Å². The van der Waals surface area contributed by atoms with Crippen LogP contribution in [0.25, 0.3) is 0 Å². The molecule has 0 bridgehead atoms. The van der Waals surface area contributed by atoms with Gasteiger partial charge in [-0.3, -0.25) is 10.00 Å². The summed E-state index contributed by atoms with van der Waals surface area (Å²) in [6.45, 7) is 10.7. The quantitative estimate of drug-likeness (QED) is 0.600. The van der Waals surface area contributed by atoms with Gasteiger partial charge >= 0.3 is 0 Å². The van der Waals surface area contributed by atoms with Gasteiger partial charge in [-0.15, -0.1) is 0 Å². The van der Waals surface area contributed by atoms with E-state index in [-0.39, 0.29) is 6.61 Å². The van der Waals surface area contributed by atoms with E-state index in [1.54, 1.807) is 7.11 Å². The van der Waals surface area contributed by atoms with Gasteiger partial charge in [0.1, 0.15) is 12.7 Å². The number of nitrogens with one attached hydrogen (secondary N) is 1. The molecule has 2 N–H and O–H groups in total. The van der Waals surface area contributed by atoms with Gasteiger partial charge in [0.25, 0.3) is 0 Å². The summed E-state index contributed by atoms with van der Waals surface area (Å²) in [6.07, 6.45) is -0.556. The lowest BCUT2D eigenvalue weighted by Crippen LogP contribution is -2.36. The second-order valence-electron chi connectivity index (χ2n) is 8.07. The molecule has 0 aliphatic rings. The largest absolute Gasteiger partial charge is 0.493 e. The number of aromatic nitrogens is 2. The number of H-pyrrole nitrogens is 1. The minimum absolute atomic E-state index is 0.228. The molecule has 162 valence electrons. The second-order valence-corrected chi connectivity index (χ2v) is 8.07. The van der Waals surface area contributed by atoms with E-state index in [1.165, 1.54) is 5.56 Å². The smallest absolute Gasteiger partial charge is 0.161 e. The molecular weight excluding hydrogens is 368 g/mol. The fourth-order valence-corrected chi connectivity index (χ4v) is 3.16. The average Bonchev–Trinajstić information content (AvgIpc) is 2.98. The zero-order chi connectivity index (χ0) is 21.6. The maximum Gasteiger partial charge on any atom is 0.161 e. The highest BCUT2D eigenvalue weighted by molar-refractivity contribution is 5.43. The van der Waals surface area contributed by atoms with Crippen molar-refractivity contribution in [3.8, 4) is 11.5 Å². The summed E-state index contributed by atoms with van der Waals surface area (Å²) in [4.78, 5) is 4.33. The van der Waals surface area contributed by atoms with Crippen LogP contribution >= 0.6 is 0 Å². The number of benzene rings is 1. The van der Waals surface area contributed by atoms with E-state index < -0.39 is 6.10 Å². The van der Waals surface area contributed by atoms with Gasteiger partial charge in [-0.1, -0.05) is 6.07 Å². The molecule has 0 saturated heterocycles. The number of hydrogen-bond acceptors (Lipinski definition) is 6. The number of aliphatic hydroxyl groups excluding tert-OH is 1. The lowest BCUT2D eigenvalue weighted by molar-refractivity contribution is 0.0668. The molecule has 1 aromatic carbocycles. The van der Waals surface area contributed by atoms with Crippen molar-refractivity contribution in [1.82, 2.24) is 20.0 Å². The summed E-state index contributed by atoms with van der Waals surface area (Å²) in [7, 11) is 5.72. The van der Waals surface area contributed by atoms with Crippen molar-refractivity contribution in [2.24, 2.45) is 0 Å². The van der Waals surface area contributed by atoms with Crippen LogP contribution in [0.5, 0.6) is 11.5 Å². The molecule has 1 atom stereocenters. The molecule has 0 spiro atoms. The number of likely N-dealkylation sites (N-methyl/N-ethyl adjacent to an activating group) is 1. The minimum Gasteiger partial charge on any atom is -0.493 e. The molecular formula is C22H36N4O3. The number of aliphatic hydroxyl groups is 1. The molecule has 7 nitrogen and oxygen atoms in total. The maximum atomic E-state index is 10.2. The molecule has 1 heterocycles. The highest BCUT2D eigenvalue weighted by Crippen LogP contribution is 2.29. The molecule has 0 radical (unpaired) electrons. The van der Waals surface area contributed by atoms with Crippen LogP contribution in [-0.2, 0) is 13.1 Å². The fraction of sp³-hybridized carbons (Fsp3) is 0.591. The van der Waals surface area contributed by atoms with E-state index >= 15 is 0 Å². The zero-order valence-electron chi connectivity index (χ0n) is 18.8. The Hall–Kier alpha value is -2.09. The van der Waals surface area contributed by atoms with Crippen LogP contribution in [-0.4, -0.2) is 71.6 Å². The van der Waals surface area contributed by atoms with Gasteiger partial charge in [0.05, 0.1) is 12.8 Å². The summed E-state index contributed by atoms with van der Waals surface area (Å²) < 4.78 is 11.3. The zero-order valence-corrected chi connectivity index (χ0v) is 18.8. The van der Waals surface area contributed by atoms with Gasteiger partial charge in [-0.25, -0.2) is 0 Å². The Balaban J connectivity index is 1.95. The number of nitrogens with zero attached hydrogens (tertiary/aromatic N) is 3. The predicted octanol–water partition coefficient (Wildman–Crippen LogP) is 2.75. The first-order valence-corrected chi connectivity index (χ1v) is 10.1. The summed E-state index contributed by atoms with van der Waals surface area (Å²) >= 11 is 0. The van der Waals surface area contributed by atoms with Gasteiger partial charge in [-0.2, -0.15) is 5.10 Å². The lowest BCUT2D eigenvalue weighted by Gasteiger charge is -2.24. The van der Waals surface area contributed by atoms with E-state index in [4.69, 9.17) is 9.47 Å². The van der Waals surface area contributed by atoms with Crippen molar-refractivity contribution in [2.75, 3.05) is 34.4 Å². The third-order valence-electron chi connectivity index (χ3n) is 5.20. The van der Waals surface area contributed by atoms with Crippen LogP contribution in [0.2, 0.25) is 0 Å². The Bertz CT molecular complexity index is 756. The summed E-state index contributed by atoms with van der Waals surface area (Å²) in [5.74, 6) is 1.32. The number of ether oxygens (including phenoxy) is 2. The van der Waals surface area contributed by atoms with E-state index in [2.05, 4.69) is 40.9 Å². The summed E-state index contributed by atoms with van der Waals surface area (Å²) in [5.41, 5.74) is 4.52. The molecule has 0 fully saturated rings. The third-order valence-corrected chi connectivity index (χ3v) is 5.20. The van der Waals surface area contributed by atoms with Gasteiger partial charge < -0.3 is 19.5 Å². The van der Waals surface area contributed by atoms with Crippen molar-refractivity contribution >= 4 is 0 Å². The Morgan fingerprint density at radius 2 is 1.86 bits per heavy atom. The Labute approximate surface area is 174 Å². The molecule has 0 unspecified atom stereocenters. The molecule has 0 saturated carbocycles. The lowest BCUT2D eigenvalue weighted by atomic mass is 10.1. The van der Waals surface area contributed by atoms with Crippen LogP contribution in [0.3, 0.4) is 0 Å². The number of hydrogen-bond donors (Lipinski definition) is 2. The normalized spacial score (nSPS) is 12.8. The highest BCUT2D eigenvalue weighted by Gasteiger charge is 2.14. The van der Waals surface area contributed by atoms with Gasteiger partial charge in [0, 0.05) is 36.9 Å². The third kappa shape index (κ3) is 6.73. The van der Waals surface area contributed by atoms with Gasteiger partial charge in [0.15, 0.2) is 11.5 Å². The minimum atomic E-state index is -0.556. The first-order chi connectivity index (χ1) is 13.7. The Kier molecular flexibility index (Phi) is 8.49. The molecule has 29 heavy (non-hydrogen) atoms. The van der Waals surface area contributed by atoms with Crippen LogP contribution in [0.4, 0.5) is 0 Å². The van der Waals surface area contributed by atoms with Crippen molar-refractivity contribution in [2.45, 2.75) is 52.9 Å². The van der Waals surface area contributed by atoms with Crippen LogP contribution in [0.15, 0.2) is 18.2 Å². The monoisotopic (exact) mass is 404 g/mol. The first-order valence-electron chi connectivity index (χ1n) is 10.1. The highest BCUT2D eigenvalue weighted by atomic mass is 16.5. The van der Waals surface area contributed by atoms with E-state index in [0.717, 1.165) is 30.0 Å². The van der Waals surface area contributed by atoms with E-state index in [1.807, 2.05) is 39.1 Å². The molecule has 0 aliphatic carbocycles. The van der Waals surface area contributed by atoms with Crippen LogP contribution in [0.1, 0.15) is 36.4 Å². The first kappa shape index (κ1) is 23.2. The summed E-state index contributed by atoms with van der Waals surface area (Å²) in [6, 6.07) is 6.32. The number of aromatic amines is 1.